The Kier molecular flexibility index (Phi) is 13.8. The summed E-state index contributed by atoms with van der Waals surface area (Å²) in [6.45, 7) is 7.15. The van der Waals surface area contributed by atoms with Gasteiger partial charge >= 0.3 is 0 Å². The van der Waals surface area contributed by atoms with Crippen molar-refractivity contribution < 1.29 is 29.0 Å². The predicted molar refractivity (Wildman–Crippen MR) is 228 cm³/mol. The van der Waals surface area contributed by atoms with Gasteiger partial charge in [0.1, 0.15) is 52.4 Å². The molecule has 0 radical (unpaired) electrons. The van der Waals surface area contributed by atoms with Crippen LogP contribution in [0, 0.1) is 6.57 Å². The lowest BCUT2D eigenvalue weighted by atomic mass is 9.90. The van der Waals surface area contributed by atoms with E-state index in [1.165, 1.54) is 12.1 Å². The molecule has 0 aliphatic carbocycles. The number of ether oxygens (including phenoxy) is 4. The lowest BCUT2D eigenvalue weighted by molar-refractivity contribution is -0.191. The number of rotatable bonds is 6. The zero-order valence-electron chi connectivity index (χ0n) is 32.3. The lowest BCUT2D eigenvalue weighted by Crippen LogP contribution is -2.36. The molecule has 300 valence electrons. The van der Waals surface area contributed by atoms with Crippen molar-refractivity contribution >= 4 is 24.1 Å². The van der Waals surface area contributed by atoms with E-state index in [2.05, 4.69) is 15.0 Å². The van der Waals surface area contributed by atoms with E-state index >= 15 is 0 Å². The van der Waals surface area contributed by atoms with E-state index in [4.69, 9.17) is 41.3 Å². The van der Waals surface area contributed by atoms with Crippen LogP contribution >= 0.6 is 12.4 Å². The predicted octanol–water partition coefficient (Wildman–Crippen LogP) is 9.99. The van der Waals surface area contributed by atoms with E-state index < -0.39 is 5.72 Å². The Morgan fingerprint density at radius 3 is 1.76 bits per heavy atom. The highest BCUT2D eigenvalue weighted by Crippen LogP contribution is 2.51. The number of benzene rings is 6. The van der Waals surface area contributed by atoms with Gasteiger partial charge in [0.2, 0.25) is 11.7 Å². The molecule has 9 rings (SSSR count). The third-order valence-corrected chi connectivity index (χ3v) is 9.39. The molecule has 13 heteroatoms. The first-order valence-corrected chi connectivity index (χ1v) is 18.6. The number of nitrogens with one attached hydrogen (secondary N) is 1. The van der Waals surface area contributed by atoms with E-state index in [-0.39, 0.29) is 24.6 Å². The minimum Gasteiger partial charge on any atom is -0.485 e. The van der Waals surface area contributed by atoms with Crippen LogP contribution in [0.5, 0.6) is 34.5 Å². The van der Waals surface area contributed by atoms with E-state index in [9.17, 15) is 0 Å². The molecule has 0 saturated heterocycles. The summed E-state index contributed by atoms with van der Waals surface area (Å²) in [6.07, 6.45) is 0.704. The number of hydroxylamine groups is 3. The van der Waals surface area contributed by atoms with Gasteiger partial charge in [-0.2, -0.15) is 6.57 Å². The van der Waals surface area contributed by atoms with Crippen LogP contribution in [0.2, 0.25) is 0 Å². The van der Waals surface area contributed by atoms with Gasteiger partial charge in [0, 0.05) is 32.5 Å². The fraction of sp³-hybridized carbons (Fsp3) is 0.152. The topological polar surface area (TPSA) is 137 Å². The summed E-state index contributed by atoms with van der Waals surface area (Å²) in [5.74, 6) is 4.64. The van der Waals surface area contributed by atoms with Crippen LogP contribution in [0.15, 0.2) is 168 Å². The first-order chi connectivity index (χ1) is 28.4. The first kappa shape index (κ1) is 41.7. The molecule has 6 aromatic rings. The maximum atomic E-state index is 7.32. The molecule has 3 heterocycles. The molecular formula is C46H43ClN6O6. The van der Waals surface area contributed by atoms with Crippen LogP contribution in [-0.4, -0.2) is 36.0 Å². The van der Waals surface area contributed by atoms with Crippen molar-refractivity contribution in [3.8, 4) is 34.5 Å². The van der Waals surface area contributed by atoms with Crippen LogP contribution in [-0.2, 0) is 10.6 Å². The Morgan fingerprint density at radius 1 is 0.746 bits per heavy atom. The number of aliphatic imine (C=N–C) groups is 1. The van der Waals surface area contributed by atoms with Crippen molar-refractivity contribution in [3.63, 3.8) is 0 Å². The largest absolute Gasteiger partial charge is 0.485 e. The van der Waals surface area contributed by atoms with Gasteiger partial charge in [0.05, 0.1) is 10.7 Å². The van der Waals surface area contributed by atoms with Gasteiger partial charge in [-0.05, 0) is 71.8 Å². The fourth-order valence-corrected chi connectivity index (χ4v) is 6.77. The summed E-state index contributed by atoms with van der Waals surface area (Å²) in [5, 5.41) is 12.8. The third kappa shape index (κ3) is 9.99. The van der Waals surface area contributed by atoms with Crippen LogP contribution < -0.4 is 30.2 Å². The molecule has 3 aliphatic heterocycles. The van der Waals surface area contributed by atoms with Crippen LogP contribution in [0.4, 0.5) is 0 Å². The van der Waals surface area contributed by atoms with Crippen molar-refractivity contribution in [2.45, 2.75) is 30.8 Å². The Balaban J connectivity index is 0.000000184. The van der Waals surface area contributed by atoms with Crippen molar-refractivity contribution in [2.24, 2.45) is 15.8 Å². The summed E-state index contributed by atoms with van der Waals surface area (Å²) >= 11 is 0. The van der Waals surface area contributed by atoms with Crippen molar-refractivity contribution in [2.75, 3.05) is 14.1 Å². The molecule has 4 N–H and O–H groups in total. The van der Waals surface area contributed by atoms with E-state index in [0.29, 0.717) is 47.5 Å². The van der Waals surface area contributed by atoms with Crippen LogP contribution in [0.25, 0.3) is 4.95 Å². The summed E-state index contributed by atoms with van der Waals surface area (Å²) in [4.78, 5) is 14.1. The maximum absolute atomic E-state index is 7.32. The summed E-state index contributed by atoms with van der Waals surface area (Å²) in [6, 6.07) is 50.6. The Hall–Kier alpha value is -6.88. The molecule has 0 aromatic heterocycles. The number of hydrogen-bond acceptors (Lipinski definition) is 11. The van der Waals surface area contributed by atoms with Crippen molar-refractivity contribution in [1.29, 1.82) is 0 Å². The number of halogens is 1. The minimum atomic E-state index is -0.955. The van der Waals surface area contributed by atoms with E-state index in [1.54, 1.807) is 12.5 Å². The first-order valence-electron chi connectivity index (χ1n) is 18.6. The molecule has 3 atom stereocenters. The zero-order chi connectivity index (χ0) is 40.3. The Bertz CT molecular complexity index is 2400. The lowest BCUT2D eigenvalue weighted by Gasteiger charge is -2.37. The van der Waals surface area contributed by atoms with Crippen molar-refractivity contribution in [1.82, 2.24) is 10.5 Å². The second-order valence-corrected chi connectivity index (χ2v) is 13.3. The molecule has 3 unspecified atom stereocenters. The molecule has 0 saturated carbocycles. The van der Waals surface area contributed by atoms with Gasteiger partial charge in [0.15, 0.2) is 0 Å². The van der Waals surface area contributed by atoms with Gasteiger partial charge in [-0.3, -0.25) is 0 Å². The molecule has 59 heavy (non-hydrogen) atoms. The molecule has 3 aliphatic rings. The number of guanidine groups is 1. The number of nitrogens with two attached hydrogens (primary N) is 1. The Labute approximate surface area is 349 Å². The standard InChI is InChI=1S/C23H21N3O3.C22H16N2O2.CH5NO.ClH/c1-26-22(24)25-23(29-26)15-21(16-8-4-2-5-9-16)28-20-13-12-18(14-19(20)23)27-17-10-6-3-7-11-17;1-23-24-20-15-22(16-8-4-2-5-9-16)26-21-13-12-18(14-19(20)21)25-17-10-6-3-7-11-17;1-2-3;/h2-14,21H,15H2,1H3,(H2,24,25);2-14,22H,15H2;2-3H,1H3;1H/b;24-20-;;. The zero-order valence-corrected chi connectivity index (χ0v) is 33.2. The summed E-state index contributed by atoms with van der Waals surface area (Å²) in [5.41, 5.74) is 11.3. The van der Waals surface area contributed by atoms with Gasteiger partial charge in [0.25, 0.3) is 0 Å². The van der Waals surface area contributed by atoms with Gasteiger partial charge in [-0.1, -0.05) is 97.1 Å². The number of fused-ring (bicyclic) bond motifs is 3. The number of hydrogen-bond donors (Lipinski definition) is 3. The fourth-order valence-electron chi connectivity index (χ4n) is 6.77. The molecule has 12 nitrogen and oxygen atoms in total. The Morgan fingerprint density at radius 2 is 1.24 bits per heavy atom. The number of nitrogens with zero attached hydrogens (tertiary/aromatic N) is 4. The smallest absolute Gasteiger partial charge is 0.222 e. The summed E-state index contributed by atoms with van der Waals surface area (Å²) < 4.78 is 24.4. The van der Waals surface area contributed by atoms with Crippen LogP contribution in [0.1, 0.15) is 47.3 Å². The van der Waals surface area contributed by atoms with Crippen LogP contribution in [0.3, 0.4) is 0 Å². The quantitative estimate of drug-likeness (QED) is 0.111. The second kappa shape index (κ2) is 19.5. The average molecular weight is 811 g/mol. The van der Waals surface area contributed by atoms with E-state index in [0.717, 1.165) is 33.8 Å². The average Bonchev–Trinajstić information content (AvgIpc) is 3.54. The highest BCUT2D eigenvalue weighted by molar-refractivity contribution is 6.04. The summed E-state index contributed by atoms with van der Waals surface area (Å²) in [7, 11) is 3.19. The number of para-hydroxylation sites is 2. The highest BCUT2D eigenvalue weighted by Gasteiger charge is 2.49. The van der Waals surface area contributed by atoms with Crippen molar-refractivity contribution in [3.05, 3.63) is 192 Å². The third-order valence-electron chi connectivity index (χ3n) is 9.39. The highest BCUT2D eigenvalue weighted by atomic mass is 35.5. The molecular weight excluding hydrogens is 768 g/mol. The molecule has 0 bridgehead atoms. The molecule has 6 aromatic carbocycles. The van der Waals surface area contributed by atoms with Gasteiger partial charge in [-0.25, -0.2) is 20.4 Å². The SMILES string of the molecule is CN1OC2(CC(c3ccccc3)Oc3ccc(Oc4ccccc4)cc32)N=C1N.CNO.Cl.[C-]#[N+]/N=C1/CC(c2ccccc2)Oc2ccc(Oc3ccccc3)cc21. The molecule has 0 amide bonds. The second-order valence-electron chi connectivity index (χ2n) is 13.3. The van der Waals surface area contributed by atoms with Gasteiger partial charge < -0.3 is 29.9 Å². The van der Waals surface area contributed by atoms with E-state index in [1.807, 2.05) is 158 Å². The molecule has 1 spiro atoms. The maximum Gasteiger partial charge on any atom is 0.222 e. The monoisotopic (exact) mass is 810 g/mol. The normalized spacial score (nSPS) is 19.0. The van der Waals surface area contributed by atoms with Gasteiger partial charge in [-0.15, -0.1) is 17.4 Å². The molecule has 0 fully saturated rings. The minimum absolute atomic E-state index is 0.